The number of carbonyl (C=O) groups is 1. The van der Waals surface area contributed by atoms with Crippen LogP contribution in [-0.4, -0.2) is 20.6 Å². The first kappa shape index (κ1) is 15.1. The monoisotopic (exact) mass is 348 g/mol. The number of hydrogen-bond acceptors (Lipinski definition) is 5. The normalized spacial score (nSPS) is 17.6. The quantitative estimate of drug-likeness (QED) is 0.535. The summed E-state index contributed by atoms with van der Waals surface area (Å²) in [5, 5.41) is 10.5. The van der Waals surface area contributed by atoms with Crippen LogP contribution >= 0.6 is 0 Å². The predicted octanol–water partition coefficient (Wildman–Crippen LogP) is 2.68. The highest BCUT2D eigenvalue weighted by Crippen LogP contribution is 2.36. The highest BCUT2D eigenvalue weighted by Gasteiger charge is 2.33. The van der Waals surface area contributed by atoms with Crippen molar-refractivity contribution in [1.82, 2.24) is 9.55 Å². The highest BCUT2D eigenvalue weighted by molar-refractivity contribution is 5.86. The van der Waals surface area contributed by atoms with Crippen molar-refractivity contribution in [3.8, 4) is 17.1 Å². The predicted molar refractivity (Wildman–Crippen MR) is 95.0 cm³/mol. The molecule has 0 amide bonds. The lowest BCUT2D eigenvalue weighted by Gasteiger charge is -2.24. The summed E-state index contributed by atoms with van der Waals surface area (Å²) in [5.41, 5.74) is 4.40. The van der Waals surface area contributed by atoms with Crippen LogP contribution in [0.4, 0.5) is 0 Å². The molecule has 1 aromatic carbocycles. The molecule has 3 aromatic rings. The number of carbonyl (C=O) groups excluding carboxylic acids is 1. The van der Waals surface area contributed by atoms with Crippen LogP contribution in [0.5, 0.6) is 5.75 Å². The first-order chi connectivity index (χ1) is 12.6. The Morgan fingerprint density at radius 2 is 2.12 bits per heavy atom. The van der Waals surface area contributed by atoms with Gasteiger partial charge in [0.2, 0.25) is 0 Å². The first-order valence-electron chi connectivity index (χ1n) is 8.63. The van der Waals surface area contributed by atoms with Crippen LogP contribution in [-0.2, 0) is 22.7 Å². The van der Waals surface area contributed by atoms with Gasteiger partial charge >= 0.3 is 5.97 Å². The fourth-order valence-electron chi connectivity index (χ4n) is 4.00. The smallest absolute Gasteiger partial charge is 0.313 e. The third kappa shape index (κ3) is 1.95. The fourth-order valence-corrected chi connectivity index (χ4v) is 4.00. The van der Waals surface area contributed by atoms with E-state index in [1.54, 1.807) is 22.8 Å². The molecule has 0 radical (unpaired) electrons. The maximum absolute atomic E-state index is 13.0. The van der Waals surface area contributed by atoms with Gasteiger partial charge in [-0.25, -0.2) is 4.98 Å². The van der Waals surface area contributed by atoms with Crippen molar-refractivity contribution >= 4 is 16.9 Å². The molecule has 5 rings (SSSR count). The molecule has 2 aliphatic rings. The Kier molecular flexibility index (Phi) is 3.01. The molecular formula is C20H16N2O4. The summed E-state index contributed by atoms with van der Waals surface area (Å²) in [7, 11) is 0. The number of fused-ring (bicyclic) bond motifs is 5. The third-order valence-corrected chi connectivity index (χ3v) is 5.31. The number of phenolic OH excluding ortho intramolecular Hbond substituents is 1. The average molecular weight is 348 g/mol. The van der Waals surface area contributed by atoms with Gasteiger partial charge in [0.15, 0.2) is 0 Å². The second-order valence-electron chi connectivity index (χ2n) is 6.80. The summed E-state index contributed by atoms with van der Waals surface area (Å²) in [6.07, 6.45) is 0.589. The Hall–Kier alpha value is -3.15. The summed E-state index contributed by atoms with van der Waals surface area (Å²) >= 11 is 0. The maximum Gasteiger partial charge on any atom is 0.313 e. The molecule has 0 saturated heterocycles. The molecule has 1 N–H and O–H groups in total. The molecular weight excluding hydrogens is 332 g/mol. The minimum absolute atomic E-state index is 0.0312. The van der Waals surface area contributed by atoms with Crippen molar-refractivity contribution in [3.05, 3.63) is 57.4 Å². The van der Waals surface area contributed by atoms with E-state index in [2.05, 4.69) is 0 Å². The van der Waals surface area contributed by atoms with E-state index in [0.29, 0.717) is 18.5 Å². The second kappa shape index (κ2) is 5.17. The number of aromatic hydroxyl groups is 1. The zero-order chi connectivity index (χ0) is 18.0. The Balaban J connectivity index is 1.77. The van der Waals surface area contributed by atoms with Gasteiger partial charge in [0.05, 0.1) is 34.9 Å². The van der Waals surface area contributed by atoms with Crippen LogP contribution in [0.2, 0.25) is 0 Å². The summed E-state index contributed by atoms with van der Waals surface area (Å²) in [4.78, 5) is 29.8. The van der Waals surface area contributed by atoms with Crippen LogP contribution in [0, 0.1) is 0 Å². The number of nitrogens with zero attached hydrogens (tertiary/aromatic N) is 2. The number of hydrogen-bond donors (Lipinski definition) is 1. The minimum atomic E-state index is -0.404. The summed E-state index contributed by atoms with van der Waals surface area (Å²) in [6, 6.07) is 8.91. The van der Waals surface area contributed by atoms with Crippen molar-refractivity contribution in [2.24, 2.45) is 0 Å². The van der Waals surface area contributed by atoms with Crippen molar-refractivity contribution < 1.29 is 14.6 Å². The summed E-state index contributed by atoms with van der Waals surface area (Å²) in [6.45, 7) is 2.38. The lowest BCUT2D eigenvalue weighted by Crippen LogP contribution is -2.32. The number of aromatic nitrogens is 2. The fraction of sp³-hybridized carbons (Fsp3) is 0.250. The van der Waals surface area contributed by atoms with Crippen molar-refractivity contribution in [3.63, 3.8) is 0 Å². The molecule has 130 valence electrons. The lowest BCUT2D eigenvalue weighted by molar-refractivity contribution is -0.148. The van der Waals surface area contributed by atoms with Gasteiger partial charge in [-0.1, -0.05) is 6.92 Å². The van der Waals surface area contributed by atoms with Crippen LogP contribution in [0.3, 0.4) is 0 Å². The average Bonchev–Trinajstić information content (AvgIpc) is 2.98. The van der Waals surface area contributed by atoms with Gasteiger partial charge in [-0.05, 0) is 42.3 Å². The van der Waals surface area contributed by atoms with E-state index in [0.717, 1.165) is 33.4 Å². The number of esters is 1. The number of ether oxygens (including phenoxy) is 1. The Morgan fingerprint density at radius 3 is 2.92 bits per heavy atom. The number of pyridine rings is 2. The van der Waals surface area contributed by atoms with Gasteiger partial charge in [-0.15, -0.1) is 0 Å². The zero-order valence-electron chi connectivity index (χ0n) is 14.2. The molecule has 6 heteroatoms. The van der Waals surface area contributed by atoms with Gasteiger partial charge in [-0.2, -0.15) is 0 Å². The summed E-state index contributed by atoms with van der Waals surface area (Å²) in [5.74, 6) is -0.493. The van der Waals surface area contributed by atoms with Crippen molar-refractivity contribution in [2.75, 3.05) is 0 Å². The maximum atomic E-state index is 13.0. The third-order valence-electron chi connectivity index (χ3n) is 5.31. The molecule has 0 unspecified atom stereocenters. The minimum Gasteiger partial charge on any atom is -0.508 e. The Bertz CT molecular complexity index is 1160. The van der Waals surface area contributed by atoms with Crippen LogP contribution in [0.1, 0.15) is 36.0 Å². The van der Waals surface area contributed by atoms with Gasteiger partial charge < -0.3 is 14.4 Å². The molecule has 1 atom stereocenters. The SMILES string of the molecule is CC[C@H]1C(=O)OCc2c1cc1n(c2=O)Cc2cc3cc(O)ccc3nc2-1. The van der Waals surface area contributed by atoms with Crippen molar-refractivity contribution in [2.45, 2.75) is 32.4 Å². The van der Waals surface area contributed by atoms with Gasteiger partial charge in [0.1, 0.15) is 12.4 Å². The van der Waals surface area contributed by atoms with E-state index in [1.165, 1.54) is 0 Å². The number of benzene rings is 1. The molecule has 0 spiro atoms. The molecule has 6 nitrogen and oxygen atoms in total. The van der Waals surface area contributed by atoms with Gasteiger partial charge in [0, 0.05) is 10.9 Å². The van der Waals surface area contributed by atoms with Crippen molar-refractivity contribution in [1.29, 1.82) is 0 Å². The molecule has 4 heterocycles. The van der Waals surface area contributed by atoms with E-state index < -0.39 is 5.92 Å². The highest BCUT2D eigenvalue weighted by atomic mass is 16.5. The van der Waals surface area contributed by atoms with Crippen LogP contribution in [0.15, 0.2) is 35.1 Å². The van der Waals surface area contributed by atoms with Crippen LogP contribution < -0.4 is 5.56 Å². The first-order valence-corrected chi connectivity index (χ1v) is 8.63. The number of cyclic esters (lactones) is 1. The van der Waals surface area contributed by atoms with E-state index in [-0.39, 0.29) is 23.9 Å². The molecule has 2 aliphatic heterocycles. The van der Waals surface area contributed by atoms with Gasteiger partial charge in [0.25, 0.3) is 5.56 Å². The largest absolute Gasteiger partial charge is 0.508 e. The second-order valence-corrected chi connectivity index (χ2v) is 6.80. The number of rotatable bonds is 1. The Labute approximate surface area is 148 Å². The molecule has 0 bridgehead atoms. The van der Waals surface area contributed by atoms with Gasteiger partial charge in [-0.3, -0.25) is 9.59 Å². The molecule has 2 aromatic heterocycles. The van der Waals surface area contributed by atoms with E-state index in [9.17, 15) is 14.7 Å². The standard InChI is InChI=1S/C20H16N2O4/c1-2-13-14-7-17-18-11(5-10-6-12(23)3-4-16(10)21-18)8-22(17)19(24)15(14)9-26-20(13)25/h3-7,13,23H,2,8-9H2,1H3/t13-/m1/s1. The molecule has 26 heavy (non-hydrogen) atoms. The molecule has 0 saturated carbocycles. The van der Waals surface area contributed by atoms with E-state index >= 15 is 0 Å². The van der Waals surface area contributed by atoms with Crippen LogP contribution in [0.25, 0.3) is 22.3 Å². The Morgan fingerprint density at radius 1 is 1.27 bits per heavy atom. The lowest BCUT2D eigenvalue weighted by atomic mass is 9.90. The zero-order valence-corrected chi connectivity index (χ0v) is 14.2. The van der Waals surface area contributed by atoms with E-state index in [1.807, 2.05) is 19.1 Å². The number of phenols is 1. The molecule has 0 fully saturated rings. The topological polar surface area (TPSA) is 81.4 Å². The van der Waals surface area contributed by atoms with E-state index in [4.69, 9.17) is 9.72 Å². The summed E-state index contributed by atoms with van der Waals surface area (Å²) < 4.78 is 6.90. The molecule has 0 aliphatic carbocycles.